The second-order valence-corrected chi connectivity index (χ2v) is 15.2. The summed E-state index contributed by atoms with van der Waals surface area (Å²) in [5.41, 5.74) is -2.71. The lowest BCUT2D eigenvalue weighted by Crippen LogP contribution is -2.11. The average molecular weight is 722 g/mol. The first kappa shape index (κ1) is 34.0. The highest BCUT2D eigenvalue weighted by molar-refractivity contribution is 7.89. The lowest BCUT2D eigenvalue weighted by Gasteiger charge is -2.13. The maximum absolute atomic E-state index is 12.2. The highest BCUT2D eigenvalue weighted by atomic mass is 35.5. The number of fused-ring (bicyclic) bond motifs is 1. The van der Waals surface area contributed by atoms with Crippen molar-refractivity contribution in [2.24, 2.45) is 25.6 Å². The third-order valence-corrected chi connectivity index (χ3v) is 9.63. The van der Waals surface area contributed by atoms with Crippen molar-refractivity contribution < 1.29 is 58.9 Å². The number of sulfonamides is 1. The molecule has 0 saturated heterocycles. The number of hydrogen-bond donors (Lipinski definition) is 7. The normalized spacial score (nSPS) is 13.3. The van der Waals surface area contributed by atoms with Gasteiger partial charge in [0.15, 0.2) is 11.5 Å². The Morgan fingerprint density at radius 1 is 0.711 bits per heavy atom. The van der Waals surface area contributed by atoms with E-state index in [-0.39, 0.29) is 15.6 Å². The molecule has 0 amide bonds. The summed E-state index contributed by atoms with van der Waals surface area (Å²) in [6.45, 7) is 0. The molecule has 0 saturated carbocycles. The number of halogens is 1. The van der Waals surface area contributed by atoms with Gasteiger partial charge < -0.3 is 20.0 Å². The van der Waals surface area contributed by atoms with Gasteiger partial charge in [0, 0.05) is 5.02 Å². The number of rotatable bonds is 8. The van der Waals surface area contributed by atoms with Crippen LogP contribution in [0.1, 0.15) is 0 Å². The zero-order valence-corrected chi connectivity index (χ0v) is 25.8. The van der Waals surface area contributed by atoms with Gasteiger partial charge in [-0.25, -0.2) is 13.6 Å². The Morgan fingerprint density at radius 2 is 1.20 bits per heavy atom. The predicted molar refractivity (Wildman–Crippen MR) is 156 cm³/mol. The van der Waals surface area contributed by atoms with Gasteiger partial charge in [-0.15, -0.1) is 15.3 Å². The number of aromatic hydroxyl groups is 2. The molecule has 0 heterocycles. The summed E-state index contributed by atoms with van der Waals surface area (Å²) < 4.78 is 103. The fourth-order valence-electron chi connectivity index (χ4n) is 3.78. The maximum atomic E-state index is 12.2. The Morgan fingerprint density at radius 3 is 1.64 bits per heavy atom. The minimum absolute atomic E-state index is 0.104. The molecule has 238 valence electrons. The molecule has 45 heavy (non-hydrogen) atoms. The third-order valence-electron chi connectivity index (χ3n) is 5.75. The Hall–Kier alpha value is -3.89. The Bertz CT molecular complexity index is 2330. The molecule has 23 heteroatoms. The minimum Gasteiger partial charge on any atom is -0.505 e. The molecule has 0 aromatic heterocycles. The molecule has 0 unspecified atom stereocenters. The van der Waals surface area contributed by atoms with Crippen molar-refractivity contribution in [3.05, 3.63) is 59.6 Å². The standard InChI is InChI=1S/C22H17ClN5O13PS3/c23-11-1-6-14(15(9-11)42(31,32)33)26-28-20-17(45(39,40)41)8-10-7-16(44(36,37)38)19(21(29)18(10)22(20)30)27-25-12-2-4-13(5-3-12)43(24,34)35/h1-9,29-30H,(H2,24,34,35)(H2,31,32,33)(H,36,37,38)(H,39,40,41). The largest absolute Gasteiger partial charge is 0.505 e. The van der Waals surface area contributed by atoms with Crippen molar-refractivity contribution in [2.45, 2.75) is 14.7 Å². The maximum Gasteiger partial charge on any atom is 0.358 e. The summed E-state index contributed by atoms with van der Waals surface area (Å²) in [5, 5.41) is 39.2. The van der Waals surface area contributed by atoms with E-state index in [9.17, 15) is 58.9 Å². The topological polar surface area (TPSA) is 316 Å². The number of primary sulfonamides is 1. The fraction of sp³-hybridized carbons (Fsp3) is 0. The molecule has 4 rings (SSSR count). The molecule has 0 bridgehead atoms. The van der Waals surface area contributed by atoms with Crippen molar-refractivity contribution in [1.82, 2.24) is 0 Å². The summed E-state index contributed by atoms with van der Waals surface area (Å²) in [5.74, 6) is -2.45. The highest BCUT2D eigenvalue weighted by Gasteiger charge is 2.29. The predicted octanol–water partition coefficient (Wildman–Crippen LogP) is 3.68. The van der Waals surface area contributed by atoms with Gasteiger partial charge in [0.25, 0.3) is 20.2 Å². The molecular weight excluding hydrogens is 705 g/mol. The lowest BCUT2D eigenvalue weighted by atomic mass is 10.1. The lowest BCUT2D eigenvalue weighted by molar-refractivity contribution is 0.387. The zero-order valence-electron chi connectivity index (χ0n) is 21.7. The summed E-state index contributed by atoms with van der Waals surface area (Å²) in [4.78, 5) is 16.6. The van der Waals surface area contributed by atoms with Gasteiger partial charge in [-0.2, -0.15) is 21.9 Å². The van der Waals surface area contributed by atoms with Crippen LogP contribution in [0.25, 0.3) is 10.8 Å². The quantitative estimate of drug-likeness (QED) is 0.0776. The number of nitrogens with zero attached hydrogens (tertiary/aromatic N) is 4. The van der Waals surface area contributed by atoms with E-state index in [2.05, 4.69) is 20.5 Å². The van der Waals surface area contributed by atoms with Crippen LogP contribution in [0.15, 0.2) is 89.7 Å². The Balaban J connectivity index is 2.00. The van der Waals surface area contributed by atoms with Gasteiger partial charge in [-0.3, -0.25) is 13.7 Å². The van der Waals surface area contributed by atoms with E-state index in [4.69, 9.17) is 16.7 Å². The van der Waals surface area contributed by atoms with Crippen molar-refractivity contribution in [3.8, 4) is 11.5 Å². The molecule has 18 nitrogen and oxygen atoms in total. The van der Waals surface area contributed by atoms with Gasteiger partial charge in [0.2, 0.25) is 10.0 Å². The van der Waals surface area contributed by atoms with Crippen molar-refractivity contribution in [1.29, 1.82) is 0 Å². The van der Waals surface area contributed by atoms with Crippen LogP contribution in [0.2, 0.25) is 5.02 Å². The van der Waals surface area contributed by atoms with Crippen LogP contribution in [0.5, 0.6) is 11.5 Å². The second-order valence-electron chi connectivity index (χ2n) is 8.81. The molecule has 0 atom stereocenters. The van der Waals surface area contributed by atoms with Crippen molar-refractivity contribution in [2.75, 3.05) is 0 Å². The summed E-state index contributed by atoms with van der Waals surface area (Å²) in [6, 6.07) is 8.39. The molecule has 0 fully saturated rings. The van der Waals surface area contributed by atoms with E-state index in [1.54, 1.807) is 0 Å². The molecule has 0 radical (unpaired) electrons. The van der Waals surface area contributed by atoms with Crippen LogP contribution in [0.4, 0.5) is 22.7 Å². The molecule has 8 N–H and O–H groups in total. The van der Waals surface area contributed by atoms with Crippen molar-refractivity contribution >= 4 is 88.3 Å². The van der Waals surface area contributed by atoms with Crippen molar-refractivity contribution in [3.63, 3.8) is 0 Å². The molecule has 0 spiro atoms. The number of phenolic OH excluding ortho intramolecular Hbond substituents is 2. The molecule has 0 aliphatic heterocycles. The zero-order chi connectivity index (χ0) is 33.7. The first-order valence-corrected chi connectivity index (χ1v) is 17.8. The molecular formula is C22H17ClN5O13PS3. The van der Waals surface area contributed by atoms with Crippen LogP contribution in [0, 0.1) is 0 Å². The number of phenols is 2. The van der Waals surface area contributed by atoms with Crippen LogP contribution in [0.3, 0.4) is 0 Å². The number of benzene rings is 4. The first-order chi connectivity index (χ1) is 20.6. The number of azo groups is 2. The van der Waals surface area contributed by atoms with Gasteiger partial charge >= 0.3 is 7.60 Å². The van der Waals surface area contributed by atoms with E-state index < -0.39 is 92.3 Å². The Labute approximate surface area is 257 Å². The highest BCUT2D eigenvalue weighted by Crippen LogP contribution is 2.50. The van der Waals surface area contributed by atoms with Crippen LogP contribution in [-0.4, -0.2) is 54.4 Å². The van der Waals surface area contributed by atoms with E-state index in [1.807, 2.05) is 0 Å². The number of hydrogen-bond acceptors (Lipinski definition) is 13. The number of nitrogens with two attached hydrogens (primary N) is 1. The molecule has 0 aliphatic carbocycles. The van der Waals surface area contributed by atoms with E-state index in [0.717, 1.165) is 42.5 Å². The van der Waals surface area contributed by atoms with Crippen LogP contribution in [-0.2, 0) is 34.8 Å². The van der Waals surface area contributed by atoms with E-state index in [0.29, 0.717) is 12.1 Å². The van der Waals surface area contributed by atoms with Gasteiger partial charge in [0.1, 0.15) is 26.9 Å². The Kier molecular flexibility index (Phi) is 8.91. The average Bonchev–Trinajstić information content (AvgIpc) is 2.90. The molecule has 4 aromatic rings. The molecule has 0 aliphatic rings. The van der Waals surface area contributed by atoms with E-state index in [1.165, 1.54) is 0 Å². The van der Waals surface area contributed by atoms with E-state index >= 15 is 0 Å². The molecule has 4 aromatic carbocycles. The summed E-state index contributed by atoms with van der Waals surface area (Å²) in [7, 11) is -19.7. The smallest absolute Gasteiger partial charge is 0.358 e. The van der Waals surface area contributed by atoms with Gasteiger partial charge in [0.05, 0.1) is 21.3 Å². The summed E-state index contributed by atoms with van der Waals surface area (Å²) >= 11 is 5.78. The SMILES string of the molecule is NS(=O)(=O)c1ccc(N=Nc2c(S(=O)(=O)O)cc3cc(S(=O)(=O)O)c(N=Nc4ccc(Cl)cc4P(=O)(O)O)c(O)c3c2O)cc1. The van der Waals surface area contributed by atoms with Crippen LogP contribution < -0.4 is 10.4 Å². The second kappa shape index (κ2) is 11.8. The third kappa shape index (κ3) is 7.34. The summed E-state index contributed by atoms with van der Waals surface area (Å²) in [6.07, 6.45) is 0. The van der Waals surface area contributed by atoms with Gasteiger partial charge in [-0.1, -0.05) is 11.6 Å². The first-order valence-electron chi connectivity index (χ1n) is 11.4. The van der Waals surface area contributed by atoms with Gasteiger partial charge in [-0.05, 0) is 60.0 Å². The fourth-order valence-corrected chi connectivity index (χ4v) is 6.58. The van der Waals surface area contributed by atoms with Crippen LogP contribution >= 0.6 is 19.2 Å². The monoisotopic (exact) mass is 721 g/mol. The minimum atomic E-state index is -5.30.